The highest BCUT2D eigenvalue weighted by Gasteiger charge is 2.14. The van der Waals surface area contributed by atoms with Crippen molar-refractivity contribution < 1.29 is 4.79 Å². The van der Waals surface area contributed by atoms with E-state index >= 15 is 0 Å². The second kappa shape index (κ2) is 8.18. The van der Waals surface area contributed by atoms with Crippen LogP contribution in [0, 0.1) is 5.92 Å². The largest absolute Gasteiger partial charge is 0.349 e. The van der Waals surface area contributed by atoms with Crippen molar-refractivity contribution >= 4 is 17.5 Å². The Morgan fingerprint density at radius 3 is 2.42 bits per heavy atom. The Bertz CT molecular complexity index is 390. The fourth-order valence-electron chi connectivity index (χ4n) is 1.91. The van der Waals surface area contributed by atoms with E-state index in [2.05, 4.69) is 19.2 Å². The number of carbonyl (C=O) groups excluding carboxylic acids is 1. The molecule has 0 saturated heterocycles. The second-order valence-corrected chi connectivity index (χ2v) is 5.62. The maximum atomic E-state index is 11.7. The maximum Gasteiger partial charge on any atom is 0.221 e. The average Bonchev–Trinajstić information content (AvgIpc) is 2.35. The van der Waals surface area contributed by atoms with Crippen LogP contribution in [0.15, 0.2) is 24.3 Å². The van der Waals surface area contributed by atoms with Crippen molar-refractivity contribution in [3.63, 3.8) is 0 Å². The highest BCUT2D eigenvalue weighted by Crippen LogP contribution is 2.22. The summed E-state index contributed by atoms with van der Waals surface area (Å²) in [7, 11) is 0. The lowest BCUT2D eigenvalue weighted by atomic mass is 9.97. The first-order valence-corrected chi connectivity index (χ1v) is 7.15. The molecule has 1 aromatic rings. The van der Waals surface area contributed by atoms with Crippen LogP contribution in [0.2, 0.25) is 5.02 Å². The third-order valence-corrected chi connectivity index (χ3v) is 3.26. The molecule has 0 radical (unpaired) electrons. The molecule has 3 nitrogen and oxygen atoms in total. The summed E-state index contributed by atoms with van der Waals surface area (Å²) in [6.45, 7) is 4.74. The summed E-state index contributed by atoms with van der Waals surface area (Å²) in [4.78, 5) is 11.7. The molecule has 0 aliphatic rings. The number of halogens is 1. The first kappa shape index (κ1) is 16.0. The number of carbonyl (C=O) groups is 1. The average molecular weight is 283 g/mol. The third-order valence-electron chi connectivity index (χ3n) is 3.01. The van der Waals surface area contributed by atoms with Gasteiger partial charge in [0, 0.05) is 18.0 Å². The van der Waals surface area contributed by atoms with Gasteiger partial charge in [-0.3, -0.25) is 4.79 Å². The van der Waals surface area contributed by atoms with E-state index in [1.54, 1.807) is 0 Å². The number of nitrogens with two attached hydrogens (primary N) is 1. The molecule has 4 heteroatoms. The highest BCUT2D eigenvalue weighted by molar-refractivity contribution is 6.30. The summed E-state index contributed by atoms with van der Waals surface area (Å²) in [5.41, 5.74) is 6.50. The number of benzene rings is 1. The van der Waals surface area contributed by atoms with Gasteiger partial charge in [0.15, 0.2) is 0 Å². The minimum absolute atomic E-state index is 0.00575. The van der Waals surface area contributed by atoms with Crippen LogP contribution in [-0.4, -0.2) is 12.5 Å². The molecule has 106 valence electrons. The Kier molecular flexibility index (Phi) is 6.89. The fourth-order valence-corrected chi connectivity index (χ4v) is 2.04. The molecule has 0 aromatic heterocycles. The van der Waals surface area contributed by atoms with Crippen molar-refractivity contribution in [3.8, 4) is 0 Å². The van der Waals surface area contributed by atoms with E-state index in [4.69, 9.17) is 17.3 Å². The summed E-state index contributed by atoms with van der Waals surface area (Å²) in [6, 6.07) is 7.69. The van der Waals surface area contributed by atoms with Crippen LogP contribution in [0.1, 0.15) is 44.7 Å². The molecule has 0 spiro atoms. The van der Waals surface area contributed by atoms with Crippen LogP contribution in [0.4, 0.5) is 0 Å². The number of hydrogen-bond donors (Lipinski definition) is 2. The van der Waals surface area contributed by atoms with Crippen molar-refractivity contribution in [1.82, 2.24) is 5.32 Å². The van der Waals surface area contributed by atoms with Crippen LogP contribution >= 0.6 is 11.6 Å². The van der Waals surface area contributed by atoms with Gasteiger partial charge in [-0.25, -0.2) is 0 Å². The molecule has 1 amide bonds. The molecule has 0 heterocycles. The smallest absolute Gasteiger partial charge is 0.221 e. The predicted octanol–water partition coefficient (Wildman–Crippen LogP) is 3.28. The van der Waals surface area contributed by atoms with Crippen LogP contribution < -0.4 is 11.1 Å². The Labute approximate surface area is 120 Å². The minimum atomic E-state index is 0.00575. The summed E-state index contributed by atoms with van der Waals surface area (Å²) in [5.74, 6) is 0.618. The van der Waals surface area contributed by atoms with Crippen LogP contribution in [0.25, 0.3) is 0 Å². The zero-order chi connectivity index (χ0) is 14.3. The minimum Gasteiger partial charge on any atom is -0.349 e. The van der Waals surface area contributed by atoms with Crippen LogP contribution in [0.5, 0.6) is 0 Å². The van der Waals surface area contributed by atoms with Gasteiger partial charge in [0.2, 0.25) is 5.91 Å². The Hall–Kier alpha value is -1.06. The van der Waals surface area contributed by atoms with E-state index < -0.39 is 0 Å². The number of hydrogen-bond acceptors (Lipinski definition) is 2. The lowest BCUT2D eigenvalue weighted by Crippen LogP contribution is -2.30. The standard InChI is InChI=1S/C15H23ClN2O/c1-11(2)3-8-14(18-15(19)9-10-17)12-4-6-13(16)7-5-12/h4-7,11,14H,3,8-10,17H2,1-2H3,(H,18,19). The lowest BCUT2D eigenvalue weighted by Gasteiger charge is -2.20. The molecule has 0 fully saturated rings. The zero-order valence-electron chi connectivity index (χ0n) is 11.7. The first-order chi connectivity index (χ1) is 9.02. The quantitative estimate of drug-likeness (QED) is 0.806. The molecule has 0 saturated carbocycles. The van der Waals surface area contributed by atoms with E-state index in [1.165, 1.54) is 0 Å². The van der Waals surface area contributed by atoms with E-state index in [1.807, 2.05) is 24.3 Å². The number of amides is 1. The van der Waals surface area contributed by atoms with E-state index in [0.29, 0.717) is 23.9 Å². The Balaban J connectivity index is 2.73. The first-order valence-electron chi connectivity index (χ1n) is 6.77. The molecule has 0 aliphatic carbocycles. The van der Waals surface area contributed by atoms with Gasteiger partial charge in [-0.05, 0) is 36.5 Å². The SMILES string of the molecule is CC(C)CCC(NC(=O)CCN)c1ccc(Cl)cc1. The van der Waals surface area contributed by atoms with Crippen molar-refractivity contribution in [3.05, 3.63) is 34.9 Å². The monoisotopic (exact) mass is 282 g/mol. The fraction of sp³-hybridized carbons (Fsp3) is 0.533. The van der Waals surface area contributed by atoms with Crippen molar-refractivity contribution in [1.29, 1.82) is 0 Å². The lowest BCUT2D eigenvalue weighted by molar-refractivity contribution is -0.121. The number of rotatable bonds is 7. The van der Waals surface area contributed by atoms with Crippen LogP contribution in [-0.2, 0) is 4.79 Å². The summed E-state index contributed by atoms with van der Waals surface area (Å²) in [5, 5.41) is 3.76. The molecule has 1 unspecified atom stereocenters. The molecular weight excluding hydrogens is 260 g/mol. The van der Waals surface area contributed by atoms with E-state index in [-0.39, 0.29) is 11.9 Å². The third kappa shape index (κ3) is 6.08. The van der Waals surface area contributed by atoms with Gasteiger partial charge >= 0.3 is 0 Å². The van der Waals surface area contributed by atoms with E-state index in [0.717, 1.165) is 18.4 Å². The molecule has 19 heavy (non-hydrogen) atoms. The topological polar surface area (TPSA) is 55.1 Å². The van der Waals surface area contributed by atoms with Gasteiger partial charge in [-0.15, -0.1) is 0 Å². The second-order valence-electron chi connectivity index (χ2n) is 5.18. The summed E-state index contributed by atoms with van der Waals surface area (Å²) < 4.78 is 0. The zero-order valence-corrected chi connectivity index (χ0v) is 12.4. The summed E-state index contributed by atoms with van der Waals surface area (Å²) >= 11 is 5.90. The molecule has 3 N–H and O–H groups in total. The maximum absolute atomic E-state index is 11.7. The van der Waals surface area contributed by atoms with Gasteiger partial charge in [0.25, 0.3) is 0 Å². The summed E-state index contributed by atoms with van der Waals surface area (Å²) in [6.07, 6.45) is 2.36. The predicted molar refractivity (Wildman–Crippen MR) is 80.1 cm³/mol. The molecule has 0 aliphatic heterocycles. The van der Waals surface area contributed by atoms with Crippen molar-refractivity contribution in [2.45, 2.75) is 39.2 Å². The number of nitrogens with one attached hydrogen (secondary N) is 1. The van der Waals surface area contributed by atoms with Gasteiger partial charge < -0.3 is 11.1 Å². The van der Waals surface area contributed by atoms with Crippen LogP contribution in [0.3, 0.4) is 0 Å². The Morgan fingerprint density at radius 2 is 1.89 bits per heavy atom. The molecule has 1 atom stereocenters. The van der Waals surface area contributed by atoms with Crippen molar-refractivity contribution in [2.24, 2.45) is 11.7 Å². The van der Waals surface area contributed by atoms with Gasteiger partial charge in [0.1, 0.15) is 0 Å². The molecular formula is C15H23ClN2O. The van der Waals surface area contributed by atoms with Gasteiger partial charge in [-0.1, -0.05) is 37.6 Å². The van der Waals surface area contributed by atoms with Gasteiger partial charge in [0.05, 0.1) is 6.04 Å². The van der Waals surface area contributed by atoms with E-state index in [9.17, 15) is 4.79 Å². The Morgan fingerprint density at radius 1 is 1.26 bits per heavy atom. The normalized spacial score (nSPS) is 12.5. The highest BCUT2D eigenvalue weighted by atomic mass is 35.5. The van der Waals surface area contributed by atoms with Crippen molar-refractivity contribution in [2.75, 3.05) is 6.54 Å². The molecule has 0 bridgehead atoms. The molecule has 1 rings (SSSR count). The van der Waals surface area contributed by atoms with Gasteiger partial charge in [-0.2, -0.15) is 0 Å². The molecule has 1 aromatic carbocycles.